The molecule has 3 rings (SSSR count). The number of amides is 1. The van der Waals surface area contributed by atoms with Crippen LogP contribution in [0.2, 0.25) is 0 Å². The minimum atomic E-state index is -0.666. The van der Waals surface area contributed by atoms with Crippen LogP contribution in [0.25, 0.3) is 0 Å². The zero-order chi connectivity index (χ0) is 25.2. The highest BCUT2D eigenvalue weighted by atomic mass is 16.5. The molecule has 0 aliphatic carbocycles. The van der Waals surface area contributed by atoms with Gasteiger partial charge in [0.15, 0.2) is 11.5 Å². The topological polar surface area (TPSA) is 107 Å². The van der Waals surface area contributed by atoms with Crippen LogP contribution in [0.5, 0.6) is 23.0 Å². The second-order valence-electron chi connectivity index (χ2n) is 8.29. The fourth-order valence-electron chi connectivity index (χ4n) is 4.34. The minimum Gasteiger partial charge on any atom is -0.493 e. The number of primary amides is 1. The van der Waals surface area contributed by atoms with E-state index in [4.69, 9.17) is 24.7 Å². The summed E-state index contributed by atoms with van der Waals surface area (Å²) in [7, 11) is 1.58. The van der Waals surface area contributed by atoms with Gasteiger partial charge in [0, 0.05) is 32.7 Å². The van der Waals surface area contributed by atoms with Gasteiger partial charge in [-0.2, -0.15) is 0 Å². The highest BCUT2D eigenvalue weighted by Crippen LogP contribution is 2.38. The van der Waals surface area contributed by atoms with Crippen LogP contribution >= 0.6 is 0 Å². The number of benzene rings is 2. The summed E-state index contributed by atoms with van der Waals surface area (Å²) in [5.41, 5.74) is 6.56. The van der Waals surface area contributed by atoms with Crippen molar-refractivity contribution in [1.82, 2.24) is 9.80 Å². The third kappa shape index (κ3) is 7.00. The number of piperazine rings is 1. The molecule has 1 heterocycles. The highest BCUT2D eigenvalue weighted by Gasteiger charge is 2.34. The van der Waals surface area contributed by atoms with E-state index in [-0.39, 0.29) is 6.61 Å². The van der Waals surface area contributed by atoms with Crippen LogP contribution in [0.4, 0.5) is 0 Å². The molecule has 1 amide bonds. The zero-order valence-electron chi connectivity index (χ0n) is 20.8. The molecule has 1 fully saturated rings. The molecule has 9 nitrogen and oxygen atoms in total. The number of ether oxygens (including phenoxy) is 4. The van der Waals surface area contributed by atoms with Gasteiger partial charge in [0.1, 0.15) is 30.3 Å². The number of methoxy groups -OCH3 is 1. The van der Waals surface area contributed by atoms with Crippen molar-refractivity contribution in [2.45, 2.75) is 26.0 Å². The number of carbonyl (C=O) groups excluding carboxylic acids is 1. The maximum Gasteiger partial charge on any atom is 0.239 e. The number of para-hydroxylation sites is 2. The lowest BCUT2D eigenvalue weighted by Crippen LogP contribution is -2.52. The fourth-order valence-corrected chi connectivity index (χ4v) is 4.34. The Morgan fingerprint density at radius 1 is 0.914 bits per heavy atom. The SMILES string of the molecule is CCOc1cccc(OCC)c1C(C(N)=O)N1CCN(CC(O)COc2ccccc2OC)CC1. The van der Waals surface area contributed by atoms with Crippen molar-refractivity contribution >= 4 is 5.91 Å². The Hall–Kier alpha value is -3.01. The molecule has 0 radical (unpaired) electrons. The van der Waals surface area contributed by atoms with Crippen molar-refractivity contribution in [1.29, 1.82) is 0 Å². The van der Waals surface area contributed by atoms with Crippen LogP contribution in [0.15, 0.2) is 42.5 Å². The van der Waals surface area contributed by atoms with Crippen LogP contribution in [-0.4, -0.2) is 86.6 Å². The van der Waals surface area contributed by atoms with Crippen LogP contribution in [-0.2, 0) is 4.79 Å². The van der Waals surface area contributed by atoms with Gasteiger partial charge in [-0.1, -0.05) is 18.2 Å². The molecule has 1 aliphatic heterocycles. The van der Waals surface area contributed by atoms with Gasteiger partial charge in [-0.15, -0.1) is 0 Å². The number of rotatable bonds is 13. The van der Waals surface area contributed by atoms with Gasteiger partial charge in [0.2, 0.25) is 5.91 Å². The first-order valence-electron chi connectivity index (χ1n) is 12.1. The summed E-state index contributed by atoms with van der Waals surface area (Å²) in [5, 5.41) is 10.5. The van der Waals surface area contributed by atoms with Crippen molar-refractivity contribution in [3.8, 4) is 23.0 Å². The molecule has 3 N–H and O–H groups in total. The standard InChI is InChI=1S/C26H37N3O6/c1-4-33-22-11-8-12-23(34-5-2)24(22)25(26(27)31)29-15-13-28(14-16-29)17-19(30)18-35-21-10-7-6-9-20(21)32-3/h6-12,19,25,30H,4-5,13-18H2,1-3H3,(H2,27,31). The Bertz CT molecular complexity index is 924. The second-order valence-corrected chi connectivity index (χ2v) is 8.29. The van der Waals surface area contributed by atoms with Gasteiger partial charge in [0.05, 0.1) is 25.9 Å². The van der Waals surface area contributed by atoms with Crippen molar-refractivity contribution in [2.24, 2.45) is 5.73 Å². The van der Waals surface area contributed by atoms with Gasteiger partial charge in [-0.05, 0) is 38.1 Å². The number of nitrogens with zero attached hydrogens (tertiary/aromatic N) is 2. The number of aliphatic hydroxyl groups excluding tert-OH is 1. The van der Waals surface area contributed by atoms with Gasteiger partial charge in [-0.3, -0.25) is 14.6 Å². The third-order valence-electron chi connectivity index (χ3n) is 5.91. The summed E-state index contributed by atoms with van der Waals surface area (Å²) in [5.74, 6) is 1.99. The Balaban J connectivity index is 1.62. The highest BCUT2D eigenvalue weighted by molar-refractivity contribution is 5.83. The Morgan fingerprint density at radius 2 is 1.49 bits per heavy atom. The smallest absolute Gasteiger partial charge is 0.239 e. The van der Waals surface area contributed by atoms with Crippen LogP contribution < -0.4 is 24.7 Å². The van der Waals surface area contributed by atoms with Crippen molar-refractivity contribution in [3.05, 3.63) is 48.0 Å². The number of hydrogen-bond acceptors (Lipinski definition) is 8. The molecule has 35 heavy (non-hydrogen) atoms. The van der Waals surface area contributed by atoms with Gasteiger partial charge >= 0.3 is 0 Å². The van der Waals surface area contributed by atoms with E-state index in [9.17, 15) is 9.90 Å². The summed E-state index contributed by atoms with van der Waals surface area (Å²) in [6, 6.07) is 12.2. The largest absolute Gasteiger partial charge is 0.493 e. The summed E-state index contributed by atoms with van der Waals surface area (Å²) < 4.78 is 22.7. The van der Waals surface area contributed by atoms with E-state index in [1.807, 2.05) is 56.3 Å². The van der Waals surface area contributed by atoms with Crippen molar-refractivity contribution < 1.29 is 28.8 Å². The van der Waals surface area contributed by atoms with E-state index >= 15 is 0 Å². The average molecular weight is 488 g/mol. The van der Waals surface area contributed by atoms with Gasteiger partial charge < -0.3 is 29.8 Å². The lowest BCUT2D eigenvalue weighted by atomic mass is 10.0. The maximum atomic E-state index is 12.6. The molecule has 0 saturated carbocycles. The van der Waals surface area contributed by atoms with E-state index in [0.717, 1.165) is 0 Å². The molecule has 2 unspecified atom stereocenters. The Labute approximate surface area is 207 Å². The summed E-state index contributed by atoms with van der Waals surface area (Å²) in [6.07, 6.45) is -0.665. The number of β-amino-alcohol motifs (C(OH)–C–C–N with tert-alkyl or cyclic N) is 1. The molecule has 2 aromatic carbocycles. The number of hydrogen-bond donors (Lipinski definition) is 2. The van der Waals surface area contributed by atoms with Crippen molar-refractivity contribution in [3.63, 3.8) is 0 Å². The molecular weight excluding hydrogens is 450 g/mol. The molecule has 2 atom stereocenters. The maximum absolute atomic E-state index is 12.6. The van der Waals surface area contributed by atoms with Crippen LogP contribution in [0.1, 0.15) is 25.5 Å². The molecule has 0 aromatic heterocycles. The number of aliphatic hydroxyl groups is 1. The average Bonchev–Trinajstić information content (AvgIpc) is 2.86. The molecular formula is C26H37N3O6. The first-order valence-corrected chi connectivity index (χ1v) is 12.1. The van der Waals surface area contributed by atoms with E-state index in [1.54, 1.807) is 7.11 Å². The van der Waals surface area contributed by atoms with Crippen molar-refractivity contribution in [2.75, 3.05) is 59.7 Å². The lowest BCUT2D eigenvalue weighted by molar-refractivity contribution is -0.124. The first-order chi connectivity index (χ1) is 17.0. The molecule has 1 saturated heterocycles. The van der Waals surface area contributed by atoms with E-state index in [1.165, 1.54) is 0 Å². The lowest BCUT2D eigenvalue weighted by Gasteiger charge is -2.39. The summed E-state index contributed by atoms with van der Waals surface area (Å²) >= 11 is 0. The summed E-state index contributed by atoms with van der Waals surface area (Å²) in [6.45, 7) is 7.93. The summed E-state index contributed by atoms with van der Waals surface area (Å²) in [4.78, 5) is 16.8. The monoisotopic (exact) mass is 487 g/mol. The molecule has 1 aliphatic rings. The molecule has 0 bridgehead atoms. The normalized spacial score (nSPS) is 16.3. The minimum absolute atomic E-state index is 0.157. The van der Waals surface area contributed by atoms with Crippen LogP contribution in [0, 0.1) is 0 Å². The molecule has 0 spiro atoms. The predicted octanol–water partition coefficient (Wildman–Crippen LogP) is 2.08. The number of carbonyl (C=O) groups is 1. The second kappa shape index (κ2) is 13.2. The molecule has 2 aromatic rings. The van der Waals surface area contributed by atoms with Crippen LogP contribution in [0.3, 0.4) is 0 Å². The fraction of sp³-hybridized carbons (Fsp3) is 0.500. The van der Waals surface area contributed by atoms with E-state index in [0.29, 0.717) is 74.5 Å². The Kier molecular flexibility index (Phi) is 10.0. The van der Waals surface area contributed by atoms with Gasteiger partial charge in [0.25, 0.3) is 0 Å². The predicted molar refractivity (Wildman–Crippen MR) is 133 cm³/mol. The quantitative estimate of drug-likeness (QED) is 0.442. The van der Waals surface area contributed by atoms with Gasteiger partial charge in [-0.25, -0.2) is 0 Å². The molecule has 192 valence electrons. The first kappa shape index (κ1) is 26.6. The van der Waals surface area contributed by atoms with E-state index in [2.05, 4.69) is 9.80 Å². The van der Waals surface area contributed by atoms with E-state index < -0.39 is 18.1 Å². The Morgan fingerprint density at radius 3 is 2.03 bits per heavy atom. The number of nitrogens with two attached hydrogens (primary N) is 1. The third-order valence-corrected chi connectivity index (χ3v) is 5.91. The zero-order valence-corrected chi connectivity index (χ0v) is 20.8. The molecule has 9 heteroatoms.